The summed E-state index contributed by atoms with van der Waals surface area (Å²) in [4.78, 5) is 40.5. The average Bonchev–Trinajstić information content (AvgIpc) is 3.27. The van der Waals surface area contributed by atoms with Crippen molar-refractivity contribution in [3.8, 4) is 0 Å². The number of carbonyl (C=O) groups excluding carboxylic acids is 3. The summed E-state index contributed by atoms with van der Waals surface area (Å²) in [7, 11) is 0. The van der Waals surface area contributed by atoms with Crippen LogP contribution >= 0.6 is 11.8 Å². The summed E-state index contributed by atoms with van der Waals surface area (Å²) in [6.45, 7) is -0.458. The van der Waals surface area contributed by atoms with Crippen LogP contribution in [0.25, 0.3) is 0 Å². The number of thioether (sulfide) groups is 1. The monoisotopic (exact) mass is 483 g/mol. The maximum atomic E-state index is 14.0. The zero-order chi connectivity index (χ0) is 24.0. The van der Waals surface area contributed by atoms with E-state index in [0.717, 1.165) is 23.9 Å². The molecule has 6 nitrogen and oxygen atoms in total. The smallest absolute Gasteiger partial charge is 0.269 e. The number of para-hydroxylation sites is 1. The third kappa shape index (κ3) is 3.41. The Labute approximate surface area is 196 Å². The molecule has 0 bridgehead atoms. The molecule has 3 aromatic rings. The van der Waals surface area contributed by atoms with Crippen molar-refractivity contribution < 1.29 is 27.6 Å². The lowest BCUT2D eigenvalue weighted by molar-refractivity contribution is -0.124. The Balaban J connectivity index is 1.50. The van der Waals surface area contributed by atoms with Crippen molar-refractivity contribution in [3.05, 3.63) is 89.7 Å². The van der Waals surface area contributed by atoms with Crippen LogP contribution in [0.5, 0.6) is 0 Å². The molecule has 1 saturated heterocycles. The van der Waals surface area contributed by atoms with E-state index in [9.17, 15) is 27.6 Å². The molecule has 1 spiro atoms. The summed E-state index contributed by atoms with van der Waals surface area (Å²) >= 11 is 1.12. The normalized spacial score (nSPS) is 19.1. The van der Waals surface area contributed by atoms with Gasteiger partial charge in [-0.15, -0.1) is 11.8 Å². The van der Waals surface area contributed by atoms with Crippen molar-refractivity contribution in [2.75, 3.05) is 27.4 Å². The fourth-order valence-electron chi connectivity index (χ4n) is 4.23. The molecule has 2 heterocycles. The minimum absolute atomic E-state index is 0.0122. The van der Waals surface area contributed by atoms with E-state index in [1.807, 2.05) is 0 Å². The first-order valence-electron chi connectivity index (χ1n) is 10.2. The molecular weight excluding hydrogens is 467 g/mol. The Bertz CT molecular complexity index is 1330. The largest absolute Gasteiger partial charge is 0.322 e. The van der Waals surface area contributed by atoms with Gasteiger partial charge in [0, 0.05) is 17.3 Å². The summed E-state index contributed by atoms with van der Waals surface area (Å²) < 4.78 is 40.7. The highest BCUT2D eigenvalue weighted by Gasteiger charge is 2.61. The third-order valence-corrected chi connectivity index (χ3v) is 7.04. The predicted octanol–water partition coefficient (Wildman–Crippen LogP) is 4.02. The predicted molar refractivity (Wildman–Crippen MR) is 122 cm³/mol. The minimum atomic E-state index is -1.47. The summed E-state index contributed by atoms with van der Waals surface area (Å²) in [6.07, 6.45) is 0. The fraction of sp³-hybridized carbons (Fsp3) is 0.125. The SMILES string of the molecule is O=C(CN1C(=O)[C@]2(SCC(=O)N2c2ccc(F)cc2)c2ccccc21)Nc1ccc(F)cc1F. The topological polar surface area (TPSA) is 69.7 Å². The van der Waals surface area contributed by atoms with Crippen molar-refractivity contribution in [1.29, 1.82) is 0 Å². The maximum absolute atomic E-state index is 14.0. The summed E-state index contributed by atoms with van der Waals surface area (Å²) in [6, 6.07) is 14.7. The quantitative estimate of drug-likeness (QED) is 0.609. The molecule has 0 aromatic heterocycles. The lowest BCUT2D eigenvalue weighted by atomic mass is 10.0. The zero-order valence-electron chi connectivity index (χ0n) is 17.4. The second-order valence-corrected chi connectivity index (χ2v) is 8.89. The van der Waals surface area contributed by atoms with E-state index in [1.165, 1.54) is 34.1 Å². The van der Waals surface area contributed by atoms with Crippen LogP contribution in [-0.2, 0) is 19.3 Å². The van der Waals surface area contributed by atoms with E-state index in [0.29, 0.717) is 23.0 Å². The molecule has 1 atom stereocenters. The standard InChI is InChI=1S/C24H16F3N3O3S/c25-14-5-8-16(9-6-14)30-22(32)13-34-24(30)17-3-1-2-4-20(17)29(23(24)33)12-21(31)28-19-10-7-15(26)11-18(19)27/h1-11H,12-13H2,(H,28,31)/t24-/m1/s1. The van der Waals surface area contributed by atoms with Crippen LogP contribution in [0.15, 0.2) is 66.7 Å². The van der Waals surface area contributed by atoms with E-state index in [4.69, 9.17) is 0 Å². The molecule has 0 unspecified atom stereocenters. The van der Waals surface area contributed by atoms with Crippen LogP contribution in [0.1, 0.15) is 5.56 Å². The molecule has 10 heteroatoms. The van der Waals surface area contributed by atoms with E-state index in [-0.39, 0.29) is 17.3 Å². The molecule has 172 valence electrons. The number of nitrogens with zero attached hydrogens (tertiary/aromatic N) is 2. The van der Waals surface area contributed by atoms with Crippen LogP contribution in [0.4, 0.5) is 30.2 Å². The Morgan fingerprint density at radius 3 is 2.41 bits per heavy atom. The van der Waals surface area contributed by atoms with Crippen LogP contribution in [0, 0.1) is 17.5 Å². The van der Waals surface area contributed by atoms with Gasteiger partial charge in [0.25, 0.3) is 5.91 Å². The molecule has 5 rings (SSSR count). The van der Waals surface area contributed by atoms with Gasteiger partial charge in [-0.05, 0) is 42.5 Å². The fourth-order valence-corrected chi connectivity index (χ4v) is 5.59. The van der Waals surface area contributed by atoms with Gasteiger partial charge in [0.1, 0.15) is 24.0 Å². The average molecular weight is 483 g/mol. The first kappa shape index (κ1) is 22.0. The molecule has 1 fully saturated rings. The van der Waals surface area contributed by atoms with Crippen LogP contribution in [-0.4, -0.2) is 30.0 Å². The Morgan fingerprint density at radius 2 is 1.68 bits per heavy atom. The van der Waals surface area contributed by atoms with Crippen molar-refractivity contribution in [2.24, 2.45) is 0 Å². The van der Waals surface area contributed by atoms with Crippen molar-refractivity contribution in [2.45, 2.75) is 4.87 Å². The van der Waals surface area contributed by atoms with Crippen LogP contribution < -0.4 is 15.1 Å². The molecular formula is C24H16F3N3O3S. The summed E-state index contributed by atoms with van der Waals surface area (Å²) in [5.41, 5.74) is 1.07. The molecule has 34 heavy (non-hydrogen) atoms. The van der Waals surface area contributed by atoms with E-state index in [1.54, 1.807) is 24.3 Å². The first-order chi connectivity index (χ1) is 16.3. The van der Waals surface area contributed by atoms with Crippen LogP contribution in [0.2, 0.25) is 0 Å². The van der Waals surface area contributed by atoms with Gasteiger partial charge in [-0.25, -0.2) is 13.2 Å². The number of hydrogen-bond acceptors (Lipinski definition) is 4. The molecule has 3 aromatic carbocycles. The highest BCUT2D eigenvalue weighted by molar-refractivity contribution is 8.02. The second kappa shape index (κ2) is 8.21. The number of carbonyl (C=O) groups is 3. The number of fused-ring (bicyclic) bond motifs is 2. The van der Waals surface area contributed by atoms with Crippen molar-refractivity contribution in [1.82, 2.24) is 0 Å². The lowest BCUT2D eigenvalue weighted by Gasteiger charge is -2.33. The number of hydrogen-bond donors (Lipinski definition) is 1. The molecule has 0 aliphatic carbocycles. The van der Waals surface area contributed by atoms with Gasteiger partial charge in [0.15, 0.2) is 0 Å². The van der Waals surface area contributed by atoms with Gasteiger partial charge in [-0.3, -0.25) is 24.2 Å². The van der Waals surface area contributed by atoms with Gasteiger partial charge in [0.05, 0.1) is 17.1 Å². The summed E-state index contributed by atoms with van der Waals surface area (Å²) in [5, 5.41) is 2.35. The number of nitrogens with one attached hydrogen (secondary N) is 1. The molecule has 3 amide bonds. The molecule has 2 aliphatic rings. The highest BCUT2D eigenvalue weighted by Crippen LogP contribution is 2.55. The van der Waals surface area contributed by atoms with Crippen LogP contribution in [0.3, 0.4) is 0 Å². The van der Waals surface area contributed by atoms with Crippen molar-refractivity contribution in [3.63, 3.8) is 0 Å². The number of anilines is 3. The maximum Gasteiger partial charge on any atom is 0.269 e. The zero-order valence-corrected chi connectivity index (χ0v) is 18.2. The number of benzene rings is 3. The number of rotatable bonds is 4. The number of amides is 3. The second-order valence-electron chi connectivity index (χ2n) is 7.72. The van der Waals surface area contributed by atoms with E-state index in [2.05, 4.69) is 5.32 Å². The minimum Gasteiger partial charge on any atom is -0.322 e. The van der Waals surface area contributed by atoms with Gasteiger partial charge in [-0.1, -0.05) is 18.2 Å². The Kier molecular flexibility index (Phi) is 5.32. The highest BCUT2D eigenvalue weighted by atomic mass is 32.2. The Morgan fingerprint density at radius 1 is 0.971 bits per heavy atom. The Hall–Kier alpha value is -3.79. The molecule has 0 radical (unpaired) electrons. The van der Waals surface area contributed by atoms with Gasteiger partial charge in [0.2, 0.25) is 16.7 Å². The molecule has 0 saturated carbocycles. The van der Waals surface area contributed by atoms with Gasteiger partial charge >= 0.3 is 0 Å². The lowest BCUT2D eigenvalue weighted by Crippen LogP contribution is -2.50. The van der Waals surface area contributed by atoms with Gasteiger partial charge < -0.3 is 5.32 Å². The van der Waals surface area contributed by atoms with Crippen molar-refractivity contribution >= 4 is 46.5 Å². The van der Waals surface area contributed by atoms with E-state index >= 15 is 0 Å². The van der Waals surface area contributed by atoms with E-state index < -0.39 is 40.7 Å². The van der Waals surface area contributed by atoms with Gasteiger partial charge in [-0.2, -0.15) is 0 Å². The molecule has 1 N–H and O–H groups in total. The third-order valence-electron chi connectivity index (χ3n) is 5.66. The first-order valence-corrected chi connectivity index (χ1v) is 11.2. The number of halogens is 3. The molecule has 2 aliphatic heterocycles. The summed E-state index contributed by atoms with van der Waals surface area (Å²) in [5.74, 6) is -3.77.